The highest BCUT2D eigenvalue weighted by Gasteiger charge is 2.39. The summed E-state index contributed by atoms with van der Waals surface area (Å²) in [5.74, 6) is 0. The molecule has 0 spiro atoms. The van der Waals surface area contributed by atoms with E-state index in [1.807, 2.05) is 0 Å². The highest BCUT2D eigenvalue weighted by molar-refractivity contribution is 5.71. The van der Waals surface area contributed by atoms with Gasteiger partial charge in [-0.3, -0.25) is 0 Å². The van der Waals surface area contributed by atoms with Gasteiger partial charge in [0.2, 0.25) is 0 Å². The number of nitrogens with one attached hydrogen (secondary N) is 1. The van der Waals surface area contributed by atoms with Crippen molar-refractivity contribution in [3.63, 3.8) is 0 Å². The molecule has 2 rings (SSSR count). The maximum Gasteiger partial charge on any atom is 0.407 e. The Labute approximate surface area is 74.5 Å². The highest BCUT2D eigenvalue weighted by atomic mass is 16.6. The molecule has 13 heavy (non-hydrogen) atoms. The van der Waals surface area contributed by atoms with Crippen LogP contribution in [0.2, 0.25) is 0 Å². The first-order chi connectivity index (χ1) is 6.16. The van der Waals surface area contributed by atoms with Gasteiger partial charge >= 0.3 is 12.2 Å². The standard InChI is InChI=1S/C7H10N2O4/c10-6-8-4-1-2-9(7(11)12)3-5(4)13-6/h4-5H,1-3H2,(H,8,10)(H,11,12)/t4-,5+/m0/s1. The summed E-state index contributed by atoms with van der Waals surface area (Å²) >= 11 is 0. The SMILES string of the molecule is O=C1N[C@H]2CCN(C(=O)O)C[C@H]2O1. The van der Waals surface area contributed by atoms with Crippen LogP contribution >= 0.6 is 0 Å². The fraction of sp³-hybridized carbons (Fsp3) is 0.714. The van der Waals surface area contributed by atoms with Crippen LogP contribution in [-0.4, -0.2) is 47.4 Å². The number of nitrogens with zero attached hydrogens (tertiary/aromatic N) is 1. The van der Waals surface area contributed by atoms with Crippen molar-refractivity contribution < 1.29 is 19.4 Å². The minimum atomic E-state index is -0.957. The van der Waals surface area contributed by atoms with Gasteiger partial charge < -0.3 is 20.1 Å². The highest BCUT2D eigenvalue weighted by Crippen LogP contribution is 2.18. The zero-order valence-electron chi connectivity index (χ0n) is 6.90. The smallest absolute Gasteiger partial charge is 0.407 e. The van der Waals surface area contributed by atoms with E-state index in [1.54, 1.807) is 0 Å². The van der Waals surface area contributed by atoms with E-state index >= 15 is 0 Å². The number of rotatable bonds is 0. The molecule has 2 atom stereocenters. The number of alkyl carbamates (subject to hydrolysis) is 1. The van der Waals surface area contributed by atoms with Crippen molar-refractivity contribution in [2.45, 2.75) is 18.6 Å². The molecule has 6 heteroatoms. The molecule has 0 aliphatic carbocycles. The predicted molar refractivity (Wildman–Crippen MR) is 41.4 cm³/mol. The van der Waals surface area contributed by atoms with E-state index in [0.717, 1.165) is 0 Å². The van der Waals surface area contributed by atoms with Crippen molar-refractivity contribution in [2.75, 3.05) is 13.1 Å². The fourth-order valence-corrected chi connectivity index (χ4v) is 1.70. The summed E-state index contributed by atoms with van der Waals surface area (Å²) in [6, 6.07) is -0.0110. The van der Waals surface area contributed by atoms with Crippen LogP contribution in [0, 0.1) is 0 Å². The molecule has 0 aromatic heterocycles. The van der Waals surface area contributed by atoms with Crippen LogP contribution in [0.15, 0.2) is 0 Å². The molecule has 2 amide bonds. The van der Waals surface area contributed by atoms with E-state index in [9.17, 15) is 9.59 Å². The predicted octanol–water partition coefficient (Wildman–Crippen LogP) is -0.153. The van der Waals surface area contributed by atoms with Gasteiger partial charge in [0, 0.05) is 6.54 Å². The molecule has 2 aliphatic rings. The number of likely N-dealkylation sites (tertiary alicyclic amines) is 1. The Morgan fingerprint density at radius 1 is 1.69 bits per heavy atom. The third kappa shape index (κ3) is 1.39. The Hall–Kier alpha value is -1.46. The third-order valence-electron chi connectivity index (χ3n) is 2.39. The van der Waals surface area contributed by atoms with Crippen LogP contribution in [0.4, 0.5) is 9.59 Å². The Balaban J connectivity index is 2.01. The van der Waals surface area contributed by atoms with Crippen molar-refractivity contribution in [1.29, 1.82) is 0 Å². The van der Waals surface area contributed by atoms with Crippen LogP contribution in [-0.2, 0) is 4.74 Å². The molecular formula is C7H10N2O4. The topological polar surface area (TPSA) is 78.9 Å². The number of fused-ring (bicyclic) bond motifs is 1. The molecule has 6 nitrogen and oxygen atoms in total. The lowest BCUT2D eigenvalue weighted by atomic mass is 10.0. The Bertz CT molecular complexity index is 255. The molecule has 0 saturated carbocycles. The first-order valence-corrected chi connectivity index (χ1v) is 4.12. The van der Waals surface area contributed by atoms with Crippen molar-refractivity contribution in [3.8, 4) is 0 Å². The summed E-state index contributed by atoms with van der Waals surface area (Å²) in [6.45, 7) is 0.735. The molecule has 0 radical (unpaired) electrons. The second-order valence-electron chi connectivity index (χ2n) is 3.21. The molecular weight excluding hydrogens is 176 g/mol. The zero-order valence-corrected chi connectivity index (χ0v) is 6.90. The number of carbonyl (C=O) groups is 2. The first-order valence-electron chi connectivity index (χ1n) is 4.12. The van der Waals surface area contributed by atoms with E-state index in [1.165, 1.54) is 4.90 Å². The van der Waals surface area contributed by atoms with Crippen molar-refractivity contribution >= 4 is 12.2 Å². The summed E-state index contributed by atoms with van der Waals surface area (Å²) in [6.07, 6.45) is -1.08. The molecule has 2 N–H and O–H groups in total. The Morgan fingerprint density at radius 3 is 3.15 bits per heavy atom. The van der Waals surface area contributed by atoms with Crippen LogP contribution in [0.5, 0.6) is 0 Å². The molecule has 72 valence electrons. The average Bonchev–Trinajstić information content (AvgIpc) is 2.42. The number of piperidine rings is 1. The number of ether oxygens (including phenoxy) is 1. The molecule has 2 aliphatic heterocycles. The molecule has 2 fully saturated rings. The molecule has 0 aromatic rings. The lowest BCUT2D eigenvalue weighted by molar-refractivity contribution is 0.0659. The third-order valence-corrected chi connectivity index (χ3v) is 2.39. The summed E-state index contributed by atoms with van der Waals surface area (Å²) in [7, 11) is 0. The van der Waals surface area contributed by atoms with Gasteiger partial charge in [-0.05, 0) is 6.42 Å². The number of hydrogen-bond acceptors (Lipinski definition) is 3. The Morgan fingerprint density at radius 2 is 2.46 bits per heavy atom. The van der Waals surface area contributed by atoms with Crippen molar-refractivity contribution in [3.05, 3.63) is 0 Å². The molecule has 2 heterocycles. The van der Waals surface area contributed by atoms with Gasteiger partial charge in [0.15, 0.2) is 0 Å². The second kappa shape index (κ2) is 2.79. The summed E-state index contributed by atoms with van der Waals surface area (Å²) in [5.41, 5.74) is 0. The van der Waals surface area contributed by atoms with E-state index in [-0.39, 0.29) is 18.7 Å². The first kappa shape index (κ1) is 8.15. The van der Waals surface area contributed by atoms with Gasteiger partial charge in [-0.25, -0.2) is 9.59 Å². The average molecular weight is 186 g/mol. The maximum atomic E-state index is 10.8. The van der Waals surface area contributed by atoms with Gasteiger partial charge in [-0.15, -0.1) is 0 Å². The van der Waals surface area contributed by atoms with E-state index < -0.39 is 12.2 Å². The number of carboxylic acid groups (broad SMARTS) is 1. The molecule has 2 saturated heterocycles. The number of carbonyl (C=O) groups excluding carboxylic acids is 1. The lowest BCUT2D eigenvalue weighted by Crippen LogP contribution is -2.49. The molecule has 0 aromatic carbocycles. The lowest BCUT2D eigenvalue weighted by Gasteiger charge is -2.30. The van der Waals surface area contributed by atoms with Crippen molar-refractivity contribution in [2.24, 2.45) is 0 Å². The summed E-state index contributed by atoms with van der Waals surface area (Å²) in [5, 5.41) is 11.3. The quantitative estimate of drug-likeness (QED) is 0.551. The molecule has 0 unspecified atom stereocenters. The van der Waals surface area contributed by atoms with E-state index in [0.29, 0.717) is 13.0 Å². The van der Waals surface area contributed by atoms with Gasteiger partial charge in [-0.1, -0.05) is 0 Å². The van der Waals surface area contributed by atoms with Crippen LogP contribution in [0.1, 0.15) is 6.42 Å². The number of amides is 2. The maximum absolute atomic E-state index is 10.8. The zero-order chi connectivity index (χ0) is 9.42. The monoisotopic (exact) mass is 186 g/mol. The minimum absolute atomic E-state index is 0.0110. The summed E-state index contributed by atoms with van der Waals surface area (Å²) in [4.78, 5) is 22.6. The van der Waals surface area contributed by atoms with Crippen molar-refractivity contribution in [1.82, 2.24) is 10.2 Å². The van der Waals surface area contributed by atoms with Gasteiger partial charge in [-0.2, -0.15) is 0 Å². The van der Waals surface area contributed by atoms with Crippen LogP contribution in [0.25, 0.3) is 0 Å². The minimum Gasteiger partial charge on any atom is -0.465 e. The fourth-order valence-electron chi connectivity index (χ4n) is 1.70. The normalized spacial score (nSPS) is 32.0. The van der Waals surface area contributed by atoms with E-state index in [2.05, 4.69) is 5.32 Å². The van der Waals surface area contributed by atoms with Gasteiger partial charge in [0.05, 0.1) is 12.6 Å². The van der Waals surface area contributed by atoms with E-state index in [4.69, 9.17) is 9.84 Å². The molecule has 0 bridgehead atoms. The number of hydrogen-bond donors (Lipinski definition) is 2. The summed E-state index contributed by atoms with van der Waals surface area (Å²) < 4.78 is 4.89. The Kier molecular flexibility index (Phi) is 1.75. The van der Waals surface area contributed by atoms with Crippen LogP contribution < -0.4 is 5.32 Å². The largest absolute Gasteiger partial charge is 0.465 e. The van der Waals surface area contributed by atoms with Crippen LogP contribution in [0.3, 0.4) is 0 Å². The van der Waals surface area contributed by atoms with Gasteiger partial charge in [0.1, 0.15) is 6.10 Å². The van der Waals surface area contributed by atoms with Gasteiger partial charge in [0.25, 0.3) is 0 Å². The second-order valence-corrected chi connectivity index (χ2v) is 3.21.